The summed E-state index contributed by atoms with van der Waals surface area (Å²) in [7, 11) is 0. The molecule has 2 amide bonds. The molecule has 0 radical (unpaired) electrons. The number of anilines is 1. The van der Waals surface area contributed by atoms with Crippen LogP contribution in [0.15, 0.2) is 75.9 Å². The summed E-state index contributed by atoms with van der Waals surface area (Å²) >= 11 is 7.14. The normalized spacial score (nSPS) is 16.9. The van der Waals surface area contributed by atoms with Crippen LogP contribution in [0.2, 0.25) is 5.02 Å². The zero-order chi connectivity index (χ0) is 28.3. The Hall–Kier alpha value is -3.68. The third-order valence-corrected chi connectivity index (χ3v) is 7.74. The van der Waals surface area contributed by atoms with Crippen LogP contribution in [0.1, 0.15) is 42.2 Å². The van der Waals surface area contributed by atoms with E-state index in [1.165, 1.54) is 11.2 Å². The molecule has 202 valence electrons. The van der Waals surface area contributed by atoms with Crippen molar-refractivity contribution >= 4 is 40.9 Å². The van der Waals surface area contributed by atoms with E-state index in [1.54, 1.807) is 24.3 Å². The summed E-state index contributed by atoms with van der Waals surface area (Å²) in [4.78, 5) is 28.0. The summed E-state index contributed by atoms with van der Waals surface area (Å²) in [5, 5.41) is 11.8. The van der Waals surface area contributed by atoms with Crippen LogP contribution in [-0.4, -0.2) is 17.1 Å². The molecule has 1 aromatic heterocycles. The van der Waals surface area contributed by atoms with E-state index in [9.17, 15) is 28.0 Å². The molecule has 2 aromatic carbocycles. The molecular formula is C28H23ClF3N3O3S. The highest BCUT2D eigenvalue weighted by molar-refractivity contribution is 8.05. The number of benzene rings is 2. The van der Waals surface area contributed by atoms with Crippen LogP contribution in [0.4, 0.5) is 18.9 Å². The van der Waals surface area contributed by atoms with E-state index < -0.39 is 28.8 Å². The monoisotopic (exact) mass is 573 g/mol. The molecule has 1 atom stereocenters. The van der Waals surface area contributed by atoms with Gasteiger partial charge in [-0.05, 0) is 65.9 Å². The number of furan rings is 1. The third kappa shape index (κ3) is 6.32. The first-order chi connectivity index (χ1) is 18.5. The van der Waals surface area contributed by atoms with Gasteiger partial charge in [-0.15, -0.1) is 0 Å². The molecule has 1 fully saturated rings. The average Bonchev–Trinajstić information content (AvgIpc) is 3.52. The van der Waals surface area contributed by atoms with Crippen molar-refractivity contribution in [3.63, 3.8) is 0 Å². The Morgan fingerprint density at radius 1 is 1.21 bits per heavy atom. The zero-order valence-corrected chi connectivity index (χ0v) is 22.5. The smallest absolute Gasteiger partial charge is 0.416 e. The first-order valence-corrected chi connectivity index (χ1v) is 13.2. The van der Waals surface area contributed by atoms with Crippen LogP contribution >= 0.6 is 23.4 Å². The summed E-state index contributed by atoms with van der Waals surface area (Å²) in [5.74, 6) is -0.493. The summed E-state index contributed by atoms with van der Waals surface area (Å²) in [6.07, 6.45) is -3.27. The van der Waals surface area contributed by atoms with Crippen LogP contribution in [-0.2, 0) is 28.7 Å². The molecule has 3 aromatic rings. The minimum absolute atomic E-state index is 0.0231. The van der Waals surface area contributed by atoms with Crippen LogP contribution in [0.3, 0.4) is 0 Å². The van der Waals surface area contributed by atoms with Gasteiger partial charge in [-0.1, -0.05) is 49.3 Å². The van der Waals surface area contributed by atoms with Crippen molar-refractivity contribution < 1.29 is 27.2 Å². The predicted octanol–water partition coefficient (Wildman–Crippen LogP) is 6.82. The number of nitriles is 1. The highest BCUT2D eigenvalue weighted by Crippen LogP contribution is 2.43. The van der Waals surface area contributed by atoms with Gasteiger partial charge in [0, 0.05) is 10.7 Å². The Kier molecular flexibility index (Phi) is 8.42. The van der Waals surface area contributed by atoms with Gasteiger partial charge < -0.3 is 9.73 Å². The van der Waals surface area contributed by atoms with Crippen LogP contribution < -0.4 is 10.2 Å². The molecule has 1 aliphatic rings. The minimum Gasteiger partial charge on any atom is -0.467 e. The summed E-state index contributed by atoms with van der Waals surface area (Å²) in [6, 6.07) is 15.3. The Morgan fingerprint density at radius 2 is 1.92 bits per heavy atom. The number of hydrogen-bond acceptors (Lipinski definition) is 5. The second kappa shape index (κ2) is 11.6. The van der Waals surface area contributed by atoms with Gasteiger partial charge in [0.15, 0.2) is 0 Å². The van der Waals surface area contributed by atoms with Crippen LogP contribution in [0.5, 0.6) is 0 Å². The Bertz CT molecular complexity index is 1450. The molecule has 1 saturated heterocycles. The number of amides is 2. The lowest BCUT2D eigenvalue weighted by Gasteiger charge is -2.19. The van der Waals surface area contributed by atoms with Crippen molar-refractivity contribution in [2.75, 3.05) is 4.90 Å². The number of thioether (sulfide) groups is 1. The van der Waals surface area contributed by atoms with Crippen molar-refractivity contribution in [2.24, 2.45) is 0 Å². The van der Waals surface area contributed by atoms with E-state index in [0.29, 0.717) is 11.4 Å². The van der Waals surface area contributed by atoms with Gasteiger partial charge >= 0.3 is 6.18 Å². The number of hydrogen-bond donors (Lipinski definition) is 1. The van der Waals surface area contributed by atoms with Gasteiger partial charge in [-0.2, -0.15) is 18.4 Å². The molecule has 1 N–H and O–H groups in total. The summed E-state index contributed by atoms with van der Waals surface area (Å²) in [5.41, 5.74) is 0.396. The minimum atomic E-state index is -4.58. The van der Waals surface area contributed by atoms with Gasteiger partial charge in [-0.3, -0.25) is 14.5 Å². The SMILES string of the molecule is CC(C)c1ccc(N2C(=O)C(Cc3cc(C(F)(F)F)ccc3Cl)S/C2=C(/C#N)C(=O)NCc2ccco2)cc1. The number of halogens is 4. The largest absolute Gasteiger partial charge is 0.467 e. The van der Waals surface area contributed by atoms with Crippen molar-refractivity contribution in [3.05, 3.63) is 98.9 Å². The van der Waals surface area contributed by atoms with Gasteiger partial charge in [0.2, 0.25) is 5.91 Å². The average molecular weight is 574 g/mol. The second-order valence-corrected chi connectivity index (χ2v) is 10.7. The summed E-state index contributed by atoms with van der Waals surface area (Å²) in [6.45, 7) is 4.06. The van der Waals surface area contributed by atoms with Crippen molar-refractivity contribution in [2.45, 2.75) is 44.2 Å². The molecule has 1 unspecified atom stereocenters. The van der Waals surface area contributed by atoms with Gasteiger partial charge in [-0.25, -0.2) is 0 Å². The number of nitrogens with zero attached hydrogens (tertiary/aromatic N) is 2. The Balaban J connectivity index is 1.72. The van der Waals surface area contributed by atoms with Gasteiger partial charge in [0.05, 0.1) is 23.6 Å². The second-order valence-electron chi connectivity index (χ2n) is 9.09. The van der Waals surface area contributed by atoms with E-state index in [0.717, 1.165) is 35.5 Å². The van der Waals surface area contributed by atoms with Crippen molar-refractivity contribution in [1.29, 1.82) is 5.26 Å². The number of rotatable bonds is 7. The molecule has 1 aliphatic heterocycles. The molecule has 39 heavy (non-hydrogen) atoms. The molecule has 6 nitrogen and oxygen atoms in total. The highest BCUT2D eigenvalue weighted by Gasteiger charge is 2.41. The number of carbonyl (C=O) groups is 2. The van der Waals surface area contributed by atoms with Crippen molar-refractivity contribution in [1.82, 2.24) is 5.32 Å². The van der Waals surface area contributed by atoms with E-state index in [2.05, 4.69) is 5.32 Å². The predicted molar refractivity (Wildman–Crippen MR) is 143 cm³/mol. The Morgan fingerprint density at radius 3 is 2.51 bits per heavy atom. The first kappa shape index (κ1) is 28.3. The molecule has 11 heteroatoms. The fourth-order valence-electron chi connectivity index (χ4n) is 4.01. The maximum absolute atomic E-state index is 13.7. The topological polar surface area (TPSA) is 86.3 Å². The first-order valence-electron chi connectivity index (χ1n) is 11.9. The third-order valence-electron chi connectivity index (χ3n) is 6.11. The van der Waals surface area contributed by atoms with Crippen LogP contribution in [0.25, 0.3) is 0 Å². The summed E-state index contributed by atoms with van der Waals surface area (Å²) < 4.78 is 45.2. The maximum Gasteiger partial charge on any atom is 0.416 e. The molecule has 0 bridgehead atoms. The molecule has 2 heterocycles. The molecule has 0 saturated carbocycles. The molecular weight excluding hydrogens is 551 g/mol. The number of nitrogens with one attached hydrogen (secondary N) is 1. The lowest BCUT2D eigenvalue weighted by molar-refractivity contribution is -0.137. The molecule has 4 rings (SSSR count). The van der Waals surface area contributed by atoms with E-state index in [1.807, 2.05) is 32.0 Å². The Labute approximate surface area is 232 Å². The lowest BCUT2D eigenvalue weighted by Crippen LogP contribution is -2.32. The van der Waals surface area contributed by atoms with Crippen LogP contribution in [0, 0.1) is 11.3 Å². The highest BCUT2D eigenvalue weighted by atomic mass is 35.5. The fourth-order valence-corrected chi connectivity index (χ4v) is 5.50. The standard InChI is InChI=1S/C28H23ClF3N3O3S/c1-16(2)17-5-8-20(9-6-17)35-26(37)24(13-18-12-19(28(30,31)32)7-10-23(18)29)39-27(35)22(14-33)25(36)34-15-21-4-3-11-38-21/h3-12,16,24H,13,15H2,1-2H3,(H,34,36)/b27-22-. The molecule has 0 aliphatic carbocycles. The van der Waals surface area contributed by atoms with Crippen molar-refractivity contribution in [3.8, 4) is 6.07 Å². The number of alkyl halides is 3. The maximum atomic E-state index is 13.7. The lowest BCUT2D eigenvalue weighted by atomic mass is 10.0. The zero-order valence-electron chi connectivity index (χ0n) is 20.9. The quantitative estimate of drug-likeness (QED) is 0.248. The van der Waals surface area contributed by atoms with E-state index >= 15 is 0 Å². The fraction of sp³-hybridized carbons (Fsp3) is 0.250. The van der Waals surface area contributed by atoms with E-state index in [-0.39, 0.29) is 40.1 Å². The van der Waals surface area contributed by atoms with Gasteiger partial charge in [0.25, 0.3) is 5.91 Å². The molecule has 0 spiro atoms. The number of carbonyl (C=O) groups excluding carboxylic acids is 2. The van der Waals surface area contributed by atoms with E-state index in [4.69, 9.17) is 16.0 Å². The van der Waals surface area contributed by atoms with Gasteiger partial charge in [0.1, 0.15) is 22.4 Å².